The fourth-order valence-electron chi connectivity index (χ4n) is 1.15. The molecule has 15 heavy (non-hydrogen) atoms. The van der Waals surface area contributed by atoms with Gasteiger partial charge in [0.1, 0.15) is 10.9 Å². The molecule has 5 heteroatoms. The second kappa shape index (κ2) is 4.81. The number of aryl methyl sites for hydroxylation is 1. The van der Waals surface area contributed by atoms with Gasteiger partial charge in [-0.2, -0.15) is 0 Å². The van der Waals surface area contributed by atoms with Crippen LogP contribution < -0.4 is 0 Å². The zero-order valence-corrected chi connectivity index (χ0v) is 10.6. The molecule has 0 atom stereocenters. The van der Waals surface area contributed by atoms with E-state index in [1.54, 1.807) is 18.0 Å². The lowest BCUT2D eigenvalue weighted by atomic mass is 10.5. The molecule has 0 aliphatic carbocycles. The fourth-order valence-corrected chi connectivity index (χ4v) is 2.63. The highest BCUT2D eigenvalue weighted by atomic mass is 79.9. The average molecular weight is 284 g/mol. The molecular formula is C10H10BrN3S. The third-order valence-corrected chi connectivity index (χ3v) is 3.89. The van der Waals surface area contributed by atoms with Gasteiger partial charge in [0.05, 0.1) is 5.75 Å². The molecule has 0 fully saturated rings. The summed E-state index contributed by atoms with van der Waals surface area (Å²) in [5, 5.41) is 1.00. The van der Waals surface area contributed by atoms with Gasteiger partial charge >= 0.3 is 0 Å². The van der Waals surface area contributed by atoms with Gasteiger partial charge in [0.2, 0.25) is 0 Å². The van der Waals surface area contributed by atoms with Crippen molar-refractivity contribution in [2.75, 3.05) is 0 Å². The lowest BCUT2D eigenvalue weighted by Gasteiger charge is -2.02. The minimum Gasteiger partial charge on any atom is -0.337 e. The van der Waals surface area contributed by atoms with Crippen LogP contribution in [0.25, 0.3) is 0 Å². The number of hydrogen-bond donors (Lipinski definition) is 0. The summed E-state index contributed by atoms with van der Waals surface area (Å²) in [7, 11) is 2.00. The van der Waals surface area contributed by atoms with Crippen LogP contribution >= 0.6 is 27.7 Å². The Bertz CT molecular complexity index is 455. The van der Waals surface area contributed by atoms with E-state index in [9.17, 15) is 0 Å². The van der Waals surface area contributed by atoms with Gasteiger partial charge in [0.25, 0.3) is 0 Å². The van der Waals surface area contributed by atoms with E-state index in [1.165, 1.54) is 0 Å². The van der Waals surface area contributed by atoms with E-state index < -0.39 is 0 Å². The Morgan fingerprint density at radius 3 is 2.93 bits per heavy atom. The molecule has 0 aliphatic rings. The van der Waals surface area contributed by atoms with Crippen LogP contribution in [0.3, 0.4) is 0 Å². The molecule has 78 valence electrons. The average Bonchev–Trinajstić information content (AvgIpc) is 2.63. The molecule has 0 N–H and O–H groups in total. The number of imidazole rings is 1. The van der Waals surface area contributed by atoms with Gasteiger partial charge in [-0.1, -0.05) is 11.8 Å². The van der Waals surface area contributed by atoms with Crippen molar-refractivity contribution in [2.45, 2.75) is 10.8 Å². The van der Waals surface area contributed by atoms with Crippen LogP contribution in [0.5, 0.6) is 0 Å². The fraction of sp³-hybridized carbons (Fsp3) is 0.200. The zero-order valence-electron chi connectivity index (χ0n) is 8.22. The van der Waals surface area contributed by atoms with Crippen molar-refractivity contribution in [1.82, 2.24) is 14.5 Å². The summed E-state index contributed by atoms with van der Waals surface area (Å²) < 4.78 is 3.05. The van der Waals surface area contributed by atoms with Crippen LogP contribution in [0.4, 0.5) is 0 Å². The Morgan fingerprint density at radius 2 is 2.27 bits per heavy atom. The van der Waals surface area contributed by atoms with Gasteiger partial charge in [0.15, 0.2) is 0 Å². The lowest BCUT2D eigenvalue weighted by Crippen LogP contribution is -1.94. The van der Waals surface area contributed by atoms with Gasteiger partial charge in [0, 0.05) is 30.1 Å². The first kappa shape index (κ1) is 10.7. The Morgan fingerprint density at radius 1 is 1.40 bits per heavy atom. The minimum absolute atomic E-state index is 0.832. The van der Waals surface area contributed by atoms with Crippen LogP contribution in [0.2, 0.25) is 0 Å². The maximum absolute atomic E-state index is 4.29. The van der Waals surface area contributed by atoms with E-state index in [2.05, 4.69) is 25.9 Å². The van der Waals surface area contributed by atoms with Gasteiger partial charge in [-0.05, 0) is 28.1 Å². The van der Waals surface area contributed by atoms with Crippen LogP contribution in [0.15, 0.2) is 40.2 Å². The second-order valence-corrected chi connectivity index (χ2v) is 4.85. The van der Waals surface area contributed by atoms with Crippen molar-refractivity contribution < 1.29 is 0 Å². The molecule has 0 aliphatic heterocycles. The van der Waals surface area contributed by atoms with Crippen LogP contribution in [-0.4, -0.2) is 14.5 Å². The smallest absolute Gasteiger partial charge is 0.118 e. The molecule has 2 aromatic rings. The van der Waals surface area contributed by atoms with Crippen LogP contribution in [-0.2, 0) is 12.8 Å². The summed E-state index contributed by atoms with van der Waals surface area (Å²) in [6, 6.07) is 3.91. The second-order valence-electron chi connectivity index (χ2n) is 3.03. The van der Waals surface area contributed by atoms with Crippen molar-refractivity contribution in [2.24, 2.45) is 7.05 Å². The number of nitrogens with zero attached hydrogens (tertiary/aromatic N) is 3. The van der Waals surface area contributed by atoms with Crippen molar-refractivity contribution in [3.05, 3.63) is 41.0 Å². The third kappa shape index (κ3) is 2.60. The highest BCUT2D eigenvalue weighted by Crippen LogP contribution is 2.26. The zero-order chi connectivity index (χ0) is 10.7. The van der Waals surface area contributed by atoms with Gasteiger partial charge < -0.3 is 4.57 Å². The molecule has 0 aromatic carbocycles. The topological polar surface area (TPSA) is 30.7 Å². The quantitative estimate of drug-likeness (QED) is 0.812. The predicted molar refractivity (Wildman–Crippen MR) is 64.7 cm³/mol. The third-order valence-electron chi connectivity index (χ3n) is 1.98. The maximum atomic E-state index is 4.29. The summed E-state index contributed by atoms with van der Waals surface area (Å²) in [4.78, 5) is 8.55. The first-order valence-electron chi connectivity index (χ1n) is 4.47. The Kier molecular flexibility index (Phi) is 3.43. The van der Waals surface area contributed by atoms with Gasteiger partial charge in [-0.3, -0.25) is 0 Å². The van der Waals surface area contributed by atoms with Crippen molar-refractivity contribution in [3.63, 3.8) is 0 Å². The van der Waals surface area contributed by atoms with Crippen LogP contribution in [0, 0.1) is 0 Å². The molecule has 2 aromatic heterocycles. The van der Waals surface area contributed by atoms with E-state index in [0.29, 0.717) is 0 Å². The standard InChI is InChI=1S/C10H10BrN3S/c1-14-6-5-12-9(14)7-15-10-8(11)3-2-4-13-10/h2-6H,7H2,1H3. The molecule has 0 spiro atoms. The number of pyridine rings is 1. The largest absolute Gasteiger partial charge is 0.337 e. The summed E-state index contributed by atoms with van der Waals surface area (Å²) in [5.74, 6) is 1.89. The highest BCUT2D eigenvalue weighted by molar-refractivity contribution is 9.10. The first-order valence-corrected chi connectivity index (χ1v) is 6.25. The van der Waals surface area contributed by atoms with Gasteiger partial charge in [-0.15, -0.1) is 0 Å². The molecule has 0 bridgehead atoms. The van der Waals surface area contributed by atoms with Gasteiger partial charge in [-0.25, -0.2) is 9.97 Å². The number of thioether (sulfide) groups is 1. The minimum atomic E-state index is 0.832. The van der Waals surface area contributed by atoms with E-state index in [4.69, 9.17) is 0 Å². The predicted octanol–water partition coefficient (Wildman–Crippen LogP) is 2.87. The first-order chi connectivity index (χ1) is 7.27. The molecule has 0 unspecified atom stereocenters. The highest BCUT2D eigenvalue weighted by Gasteiger charge is 2.04. The monoisotopic (exact) mass is 283 g/mol. The molecule has 0 saturated heterocycles. The van der Waals surface area contributed by atoms with Crippen LogP contribution in [0.1, 0.15) is 5.82 Å². The Labute approximate surface area is 101 Å². The Hall–Kier alpha value is -0.810. The van der Waals surface area contributed by atoms with Crippen molar-refractivity contribution in [3.8, 4) is 0 Å². The number of halogens is 1. The lowest BCUT2D eigenvalue weighted by molar-refractivity contribution is 0.848. The van der Waals surface area contributed by atoms with E-state index in [0.717, 1.165) is 21.1 Å². The van der Waals surface area contributed by atoms with E-state index in [1.807, 2.05) is 36.1 Å². The SMILES string of the molecule is Cn1ccnc1CSc1ncccc1Br. The normalized spacial score (nSPS) is 10.5. The number of hydrogen-bond acceptors (Lipinski definition) is 3. The molecule has 0 saturated carbocycles. The summed E-state index contributed by atoms with van der Waals surface area (Å²) in [6.07, 6.45) is 5.55. The molecule has 0 radical (unpaired) electrons. The Balaban J connectivity index is 2.06. The summed E-state index contributed by atoms with van der Waals surface area (Å²) in [6.45, 7) is 0. The molecule has 0 amide bonds. The van der Waals surface area contributed by atoms with Crippen molar-refractivity contribution in [1.29, 1.82) is 0 Å². The number of aromatic nitrogens is 3. The summed E-state index contributed by atoms with van der Waals surface area (Å²) >= 11 is 5.15. The molecule has 2 heterocycles. The van der Waals surface area contributed by atoms with E-state index >= 15 is 0 Å². The summed E-state index contributed by atoms with van der Waals surface area (Å²) in [5.41, 5.74) is 0. The molecule has 3 nitrogen and oxygen atoms in total. The van der Waals surface area contributed by atoms with E-state index in [-0.39, 0.29) is 0 Å². The van der Waals surface area contributed by atoms with Crippen molar-refractivity contribution >= 4 is 27.7 Å². The maximum Gasteiger partial charge on any atom is 0.118 e. The molecular weight excluding hydrogens is 274 g/mol. The number of rotatable bonds is 3. The molecule has 2 rings (SSSR count).